The first kappa shape index (κ1) is 10.7. The lowest BCUT2D eigenvalue weighted by atomic mass is 9.93. The molecule has 0 aromatic carbocycles. The smallest absolute Gasteiger partial charge is 0.0817 e. The van der Waals surface area contributed by atoms with Crippen molar-refractivity contribution >= 4 is 11.3 Å². The summed E-state index contributed by atoms with van der Waals surface area (Å²) in [5, 5.41) is 12.1. The van der Waals surface area contributed by atoms with E-state index in [0.29, 0.717) is 13.0 Å². The molecule has 0 fully saturated rings. The van der Waals surface area contributed by atoms with Crippen molar-refractivity contribution in [2.24, 2.45) is 5.73 Å². The lowest BCUT2D eigenvalue weighted by Crippen LogP contribution is -2.39. The van der Waals surface area contributed by atoms with Gasteiger partial charge in [0.1, 0.15) is 0 Å². The molecular formula is C10H17NOS. The Hall–Kier alpha value is -0.380. The number of rotatable bonds is 5. The summed E-state index contributed by atoms with van der Waals surface area (Å²) in [7, 11) is 0. The minimum Gasteiger partial charge on any atom is -0.388 e. The summed E-state index contributed by atoms with van der Waals surface area (Å²) in [6.45, 7) is 2.41. The highest BCUT2D eigenvalue weighted by molar-refractivity contribution is 7.09. The van der Waals surface area contributed by atoms with E-state index in [1.807, 2.05) is 17.5 Å². The molecule has 1 rings (SSSR count). The van der Waals surface area contributed by atoms with E-state index in [-0.39, 0.29) is 0 Å². The fourth-order valence-electron chi connectivity index (χ4n) is 1.47. The van der Waals surface area contributed by atoms with Crippen molar-refractivity contribution in [2.45, 2.75) is 31.8 Å². The van der Waals surface area contributed by atoms with Gasteiger partial charge in [0, 0.05) is 17.8 Å². The van der Waals surface area contributed by atoms with E-state index in [2.05, 4.69) is 6.92 Å². The van der Waals surface area contributed by atoms with E-state index in [4.69, 9.17) is 5.73 Å². The Morgan fingerprint density at radius 2 is 2.38 bits per heavy atom. The zero-order valence-corrected chi connectivity index (χ0v) is 8.81. The molecule has 13 heavy (non-hydrogen) atoms. The summed E-state index contributed by atoms with van der Waals surface area (Å²) in [4.78, 5) is 1.21. The second kappa shape index (κ2) is 4.74. The van der Waals surface area contributed by atoms with Gasteiger partial charge in [-0.05, 0) is 17.9 Å². The van der Waals surface area contributed by atoms with E-state index < -0.39 is 5.60 Å². The molecule has 0 saturated carbocycles. The molecule has 2 nitrogen and oxygen atoms in total. The quantitative estimate of drug-likeness (QED) is 0.759. The van der Waals surface area contributed by atoms with Gasteiger partial charge in [0.15, 0.2) is 0 Å². The van der Waals surface area contributed by atoms with Crippen LogP contribution in [-0.2, 0) is 6.42 Å². The van der Waals surface area contributed by atoms with Crippen molar-refractivity contribution < 1.29 is 5.11 Å². The SMILES string of the molecule is CCCC(O)(CN)Cc1cccs1. The molecule has 1 aromatic rings. The van der Waals surface area contributed by atoms with Crippen molar-refractivity contribution in [3.8, 4) is 0 Å². The molecule has 0 saturated heterocycles. The van der Waals surface area contributed by atoms with E-state index in [1.165, 1.54) is 4.88 Å². The van der Waals surface area contributed by atoms with Crippen LogP contribution in [0.3, 0.4) is 0 Å². The average Bonchev–Trinajstić information content (AvgIpc) is 2.57. The van der Waals surface area contributed by atoms with Crippen LogP contribution in [0.2, 0.25) is 0 Å². The van der Waals surface area contributed by atoms with Gasteiger partial charge in [0.25, 0.3) is 0 Å². The number of thiophene rings is 1. The van der Waals surface area contributed by atoms with Gasteiger partial charge in [-0.2, -0.15) is 0 Å². The molecule has 0 spiro atoms. The van der Waals surface area contributed by atoms with E-state index in [9.17, 15) is 5.11 Å². The average molecular weight is 199 g/mol. The first-order chi connectivity index (χ1) is 6.20. The molecule has 0 aliphatic carbocycles. The van der Waals surface area contributed by atoms with Crippen LogP contribution in [0.4, 0.5) is 0 Å². The van der Waals surface area contributed by atoms with Gasteiger partial charge in [-0.3, -0.25) is 0 Å². The first-order valence-corrected chi connectivity index (χ1v) is 5.53. The predicted octanol–water partition coefficient (Wildman–Crippen LogP) is 1.78. The van der Waals surface area contributed by atoms with Gasteiger partial charge in [-0.1, -0.05) is 19.4 Å². The number of nitrogens with two attached hydrogens (primary N) is 1. The van der Waals surface area contributed by atoms with Crippen LogP contribution in [0.25, 0.3) is 0 Å². The minimum absolute atomic E-state index is 0.346. The van der Waals surface area contributed by atoms with Gasteiger partial charge in [-0.25, -0.2) is 0 Å². The summed E-state index contributed by atoms with van der Waals surface area (Å²) in [5.74, 6) is 0. The predicted molar refractivity (Wildman–Crippen MR) is 56.9 cm³/mol. The molecular weight excluding hydrogens is 182 g/mol. The fourth-order valence-corrected chi connectivity index (χ4v) is 2.31. The lowest BCUT2D eigenvalue weighted by molar-refractivity contribution is 0.0407. The lowest BCUT2D eigenvalue weighted by Gasteiger charge is -2.25. The normalized spacial score (nSPS) is 15.6. The third-order valence-corrected chi connectivity index (χ3v) is 3.06. The van der Waals surface area contributed by atoms with Crippen molar-refractivity contribution in [1.29, 1.82) is 0 Å². The zero-order chi connectivity index (χ0) is 9.73. The van der Waals surface area contributed by atoms with Gasteiger partial charge in [-0.15, -0.1) is 11.3 Å². The molecule has 3 N–H and O–H groups in total. The van der Waals surface area contributed by atoms with Crippen molar-refractivity contribution in [3.63, 3.8) is 0 Å². The Kier molecular flexibility index (Phi) is 3.90. The first-order valence-electron chi connectivity index (χ1n) is 4.65. The number of hydrogen-bond donors (Lipinski definition) is 2. The topological polar surface area (TPSA) is 46.2 Å². The molecule has 1 unspecified atom stereocenters. The van der Waals surface area contributed by atoms with Crippen molar-refractivity contribution in [1.82, 2.24) is 0 Å². The molecule has 0 radical (unpaired) electrons. The highest BCUT2D eigenvalue weighted by atomic mass is 32.1. The summed E-state index contributed by atoms with van der Waals surface area (Å²) in [6.07, 6.45) is 2.44. The van der Waals surface area contributed by atoms with Crippen LogP contribution in [0.15, 0.2) is 17.5 Å². The standard InChI is InChI=1S/C10H17NOS/c1-2-5-10(12,8-11)7-9-4-3-6-13-9/h3-4,6,12H,2,5,7-8,11H2,1H3. The minimum atomic E-state index is -0.695. The third kappa shape index (κ3) is 3.10. The summed E-state index contributed by atoms with van der Waals surface area (Å²) < 4.78 is 0. The van der Waals surface area contributed by atoms with Crippen LogP contribution in [0, 0.1) is 0 Å². The van der Waals surface area contributed by atoms with Crippen molar-refractivity contribution in [2.75, 3.05) is 6.54 Å². The maximum atomic E-state index is 10.1. The molecule has 1 aromatic heterocycles. The number of aliphatic hydroxyl groups is 1. The van der Waals surface area contributed by atoms with Crippen LogP contribution in [0.1, 0.15) is 24.6 Å². The van der Waals surface area contributed by atoms with Crippen LogP contribution in [0.5, 0.6) is 0 Å². The Bertz CT molecular complexity index is 235. The van der Waals surface area contributed by atoms with E-state index in [1.54, 1.807) is 11.3 Å². The fraction of sp³-hybridized carbons (Fsp3) is 0.600. The van der Waals surface area contributed by atoms with Crippen molar-refractivity contribution in [3.05, 3.63) is 22.4 Å². The molecule has 1 heterocycles. The maximum absolute atomic E-state index is 10.1. The third-order valence-electron chi connectivity index (χ3n) is 2.18. The zero-order valence-electron chi connectivity index (χ0n) is 7.99. The Balaban J connectivity index is 2.58. The van der Waals surface area contributed by atoms with Gasteiger partial charge in [0.2, 0.25) is 0 Å². The Morgan fingerprint density at radius 3 is 2.85 bits per heavy atom. The Labute approximate surface area is 83.4 Å². The molecule has 0 aliphatic rings. The molecule has 0 bridgehead atoms. The Morgan fingerprint density at radius 1 is 1.62 bits per heavy atom. The number of hydrogen-bond acceptors (Lipinski definition) is 3. The maximum Gasteiger partial charge on any atom is 0.0817 e. The van der Waals surface area contributed by atoms with Gasteiger partial charge in [0.05, 0.1) is 5.60 Å². The van der Waals surface area contributed by atoms with Crippen LogP contribution >= 0.6 is 11.3 Å². The molecule has 0 amide bonds. The van der Waals surface area contributed by atoms with Crippen LogP contribution < -0.4 is 5.73 Å². The highest BCUT2D eigenvalue weighted by Crippen LogP contribution is 2.21. The van der Waals surface area contributed by atoms with E-state index >= 15 is 0 Å². The molecule has 3 heteroatoms. The van der Waals surface area contributed by atoms with E-state index in [0.717, 1.165) is 12.8 Å². The summed E-state index contributed by atoms with van der Waals surface area (Å²) in [5.41, 5.74) is 4.87. The second-order valence-corrected chi connectivity index (χ2v) is 4.47. The second-order valence-electron chi connectivity index (χ2n) is 3.43. The summed E-state index contributed by atoms with van der Waals surface area (Å²) in [6, 6.07) is 4.05. The van der Waals surface area contributed by atoms with Crippen LogP contribution in [-0.4, -0.2) is 17.3 Å². The molecule has 1 atom stereocenters. The molecule has 0 aliphatic heterocycles. The van der Waals surface area contributed by atoms with Gasteiger partial charge < -0.3 is 10.8 Å². The van der Waals surface area contributed by atoms with Gasteiger partial charge >= 0.3 is 0 Å². The monoisotopic (exact) mass is 199 g/mol. The summed E-state index contributed by atoms with van der Waals surface area (Å²) >= 11 is 1.68. The molecule has 74 valence electrons. The highest BCUT2D eigenvalue weighted by Gasteiger charge is 2.24. The largest absolute Gasteiger partial charge is 0.388 e.